The van der Waals surface area contributed by atoms with Gasteiger partial charge < -0.3 is 5.11 Å². The first-order valence-electron chi connectivity index (χ1n) is 2.19. The van der Waals surface area contributed by atoms with Crippen molar-refractivity contribution >= 4 is 0 Å². The van der Waals surface area contributed by atoms with E-state index in [1.165, 1.54) is 6.20 Å². The molecule has 0 amide bonds. The Balaban J connectivity index is 3.08. The molecule has 0 fully saturated rings. The standard InChI is InChI=1S/C5H5N2O/c1-4-2-3-6-5(8)7-4/h3H,1H3,(H,6,7,8). The lowest BCUT2D eigenvalue weighted by atomic mass is 10.5. The van der Waals surface area contributed by atoms with E-state index < -0.39 is 0 Å². The fourth-order valence-electron chi connectivity index (χ4n) is 0.395. The van der Waals surface area contributed by atoms with Gasteiger partial charge in [-0.1, -0.05) is 0 Å². The van der Waals surface area contributed by atoms with E-state index in [9.17, 15) is 0 Å². The maximum atomic E-state index is 8.57. The van der Waals surface area contributed by atoms with Crippen molar-refractivity contribution in [3.05, 3.63) is 18.0 Å². The van der Waals surface area contributed by atoms with Crippen LogP contribution in [0, 0.1) is 13.0 Å². The summed E-state index contributed by atoms with van der Waals surface area (Å²) < 4.78 is 0. The molecule has 1 aromatic heterocycles. The molecule has 0 aliphatic heterocycles. The summed E-state index contributed by atoms with van der Waals surface area (Å²) in [7, 11) is 0. The normalized spacial score (nSPS) is 9.12. The minimum atomic E-state index is -0.193. The number of aromatic hydroxyl groups is 1. The summed E-state index contributed by atoms with van der Waals surface area (Å²) in [5.74, 6) is 0. The van der Waals surface area contributed by atoms with Crippen molar-refractivity contribution in [1.29, 1.82) is 0 Å². The number of nitrogens with zero attached hydrogens (tertiary/aromatic N) is 2. The Bertz CT molecular complexity index is 170. The van der Waals surface area contributed by atoms with Gasteiger partial charge in [-0.2, -0.15) is 0 Å². The highest BCUT2D eigenvalue weighted by molar-refractivity contribution is 4.99. The van der Waals surface area contributed by atoms with Gasteiger partial charge in [0.15, 0.2) is 0 Å². The van der Waals surface area contributed by atoms with Crippen molar-refractivity contribution in [2.24, 2.45) is 0 Å². The van der Waals surface area contributed by atoms with Crippen LogP contribution < -0.4 is 0 Å². The van der Waals surface area contributed by atoms with Crippen LogP contribution in [-0.2, 0) is 0 Å². The first-order valence-corrected chi connectivity index (χ1v) is 2.19. The Hall–Kier alpha value is -1.12. The Morgan fingerprint density at radius 2 is 2.50 bits per heavy atom. The molecule has 0 saturated carbocycles. The molecular formula is C5H5N2O. The minimum absolute atomic E-state index is 0.193. The Morgan fingerprint density at radius 3 is 2.88 bits per heavy atom. The quantitative estimate of drug-likeness (QED) is 0.520. The number of aryl methyl sites for hydroxylation is 1. The number of rotatable bonds is 0. The van der Waals surface area contributed by atoms with E-state index in [2.05, 4.69) is 16.0 Å². The second-order valence-corrected chi connectivity index (χ2v) is 1.40. The monoisotopic (exact) mass is 109 g/mol. The summed E-state index contributed by atoms with van der Waals surface area (Å²) in [6.07, 6.45) is 1.39. The van der Waals surface area contributed by atoms with Crippen LogP contribution in [0.25, 0.3) is 0 Å². The molecule has 1 heterocycles. The summed E-state index contributed by atoms with van der Waals surface area (Å²) in [6, 6.07) is 2.50. The maximum Gasteiger partial charge on any atom is 0.314 e. The van der Waals surface area contributed by atoms with Gasteiger partial charge in [-0.05, 0) is 6.92 Å². The van der Waals surface area contributed by atoms with Crippen molar-refractivity contribution < 1.29 is 5.11 Å². The molecule has 0 aliphatic rings. The van der Waals surface area contributed by atoms with Crippen molar-refractivity contribution in [2.75, 3.05) is 0 Å². The highest BCUT2D eigenvalue weighted by Gasteiger charge is 1.87. The van der Waals surface area contributed by atoms with Crippen LogP contribution >= 0.6 is 0 Å². The van der Waals surface area contributed by atoms with E-state index in [1.807, 2.05) is 0 Å². The second kappa shape index (κ2) is 1.78. The molecule has 1 radical (unpaired) electrons. The Kier molecular flexibility index (Phi) is 1.12. The average molecular weight is 109 g/mol. The van der Waals surface area contributed by atoms with Gasteiger partial charge in [-0.3, -0.25) is 0 Å². The van der Waals surface area contributed by atoms with Crippen LogP contribution in [0.4, 0.5) is 0 Å². The minimum Gasteiger partial charge on any atom is -0.479 e. The third kappa shape index (κ3) is 0.932. The topological polar surface area (TPSA) is 46.0 Å². The molecule has 0 saturated heterocycles. The third-order valence-electron chi connectivity index (χ3n) is 0.721. The number of aromatic nitrogens is 2. The van der Waals surface area contributed by atoms with Crippen LogP contribution in [0.5, 0.6) is 6.01 Å². The van der Waals surface area contributed by atoms with Crippen molar-refractivity contribution in [3.8, 4) is 6.01 Å². The maximum absolute atomic E-state index is 8.57. The highest BCUT2D eigenvalue weighted by Crippen LogP contribution is 1.95. The SMILES string of the molecule is Cc1[c]cnc(O)n1. The van der Waals surface area contributed by atoms with Crippen molar-refractivity contribution in [1.82, 2.24) is 9.97 Å². The van der Waals surface area contributed by atoms with Gasteiger partial charge in [-0.25, -0.2) is 9.97 Å². The lowest BCUT2D eigenvalue weighted by molar-refractivity contribution is 0.428. The van der Waals surface area contributed by atoms with Crippen LogP contribution in [0.2, 0.25) is 0 Å². The lowest BCUT2D eigenvalue weighted by Crippen LogP contribution is -1.82. The van der Waals surface area contributed by atoms with Gasteiger partial charge in [0.25, 0.3) is 0 Å². The van der Waals surface area contributed by atoms with Crippen LogP contribution in [0.15, 0.2) is 6.20 Å². The highest BCUT2D eigenvalue weighted by atomic mass is 16.3. The van der Waals surface area contributed by atoms with E-state index in [1.54, 1.807) is 6.92 Å². The molecule has 1 rings (SSSR count). The van der Waals surface area contributed by atoms with E-state index in [4.69, 9.17) is 5.11 Å². The molecule has 0 aliphatic carbocycles. The zero-order valence-electron chi connectivity index (χ0n) is 4.42. The summed E-state index contributed by atoms with van der Waals surface area (Å²) in [5, 5.41) is 8.57. The molecule has 41 valence electrons. The lowest BCUT2D eigenvalue weighted by Gasteiger charge is -1.87. The van der Waals surface area contributed by atoms with Crippen LogP contribution in [0.3, 0.4) is 0 Å². The van der Waals surface area contributed by atoms with Gasteiger partial charge in [0.1, 0.15) is 0 Å². The number of hydrogen-bond donors (Lipinski definition) is 1. The van der Waals surface area contributed by atoms with E-state index in [-0.39, 0.29) is 6.01 Å². The molecule has 0 atom stereocenters. The molecule has 1 aromatic rings. The average Bonchev–Trinajstić information content (AvgIpc) is 1.64. The molecule has 0 spiro atoms. The Labute approximate surface area is 47.0 Å². The summed E-state index contributed by atoms with van der Waals surface area (Å²) in [6.45, 7) is 1.74. The molecule has 3 nitrogen and oxygen atoms in total. The Morgan fingerprint density at radius 1 is 1.75 bits per heavy atom. The van der Waals surface area contributed by atoms with Crippen LogP contribution in [0.1, 0.15) is 5.69 Å². The molecule has 1 N–H and O–H groups in total. The van der Waals surface area contributed by atoms with Crippen LogP contribution in [-0.4, -0.2) is 15.1 Å². The van der Waals surface area contributed by atoms with Gasteiger partial charge in [-0.15, -0.1) is 0 Å². The summed E-state index contributed by atoms with van der Waals surface area (Å²) in [4.78, 5) is 6.99. The second-order valence-electron chi connectivity index (χ2n) is 1.40. The van der Waals surface area contributed by atoms with E-state index in [0.29, 0.717) is 5.69 Å². The fourth-order valence-corrected chi connectivity index (χ4v) is 0.395. The van der Waals surface area contributed by atoms with Crippen molar-refractivity contribution in [3.63, 3.8) is 0 Å². The zero-order valence-corrected chi connectivity index (χ0v) is 4.42. The molecule has 0 unspecified atom stereocenters. The smallest absolute Gasteiger partial charge is 0.314 e. The van der Waals surface area contributed by atoms with E-state index in [0.717, 1.165) is 0 Å². The summed E-state index contributed by atoms with van der Waals surface area (Å²) in [5.41, 5.74) is 0.650. The van der Waals surface area contributed by atoms with E-state index >= 15 is 0 Å². The molecular weight excluding hydrogens is 104 g/mol. The zero-order chi connectivity index (χ0) is 5.98. The molecule has 0 aromatic carbocycles. The fraction of sp³-hybridized carbons (Fsp3) is 0.200. The van der Waals surface area contributed by atoms with Gasteiger partial charge in [0, 0.05) is 12.3 Å². The van der Waals surface area contributed by atoms with Gasteiger partial charge in [0.2, 0.25) is 0 Å². The van der Waals surface area contributed by atoms with Crippen molar-refractivity contribution in [2.45, 2.75) is 6.92 Å². The largest absolute Gasteiger partial charge is 0.479 e. The van der Waals surface area contributed by atoms with Gasteiger partial charge in [0.05, 0.1) is 5.69 Å². The van der Waals surface area contributed by atoms with Gasteiger partial charge >= 0.3 is 6.01 Å². The molecule has 8 heavy (non-hydrogen) atoms. The third-order valence-corrected chi connectivity index (χ3v) is 0.721. The first kappa shape index (κ1) is 5.03. The molecule has 0 bridgehead atoms. The molecule has 3 heteroatoms. The summed E-state index contributed by atoms with van der Waals surface area (Å²) >= 11 is 0. The predicted molar refractivity (Wildman–Crippen MR) is 27.3 cm³/mol. The number of hydrogen-bond acceptors (Lipinski definition) is 3. The first-order chi connectivity index (χ1) is 3.79. The predicted octanol–water partition coefficient (Wildman–Crippen LogP) is 0.291.